The molecule has 0 saturated heterocycles. The Bertz CT molecular complexity index is 122. The molecule has 0 aromatic carbocycles. The molecule has 1 nitrogen and oxygen atoms in total. The first-order valence-electron chi connectivity index (χ1n) is 3.86. The maximum Gasteiger partial charge on any atom is 0.136 e. The zero-order valence-corrected chi connectivity index (χ0v) is 7.25. The molecule has 0 bridgehead atoms. The van der Waals surface area contributed by atoms with Gasteiger partial charge in [-0.05, 0) is 31.3 Å². The van der Waals surface area contributed by atoms with E-state index in [4.69, 9.17) is 0 Å². The molecule has 2 heteroatoms. The van der Waals surface area contributed by atoms with Crippen LogP contribution >= 0.6 is 11.8 Å². The quantitative estimate of drug-likeness (QED) is 0.625. The SMILES string of the molecule is CSCCC1CCCC1=O. The molecule has 1 unspecified atom stereocenters. The highest BCUT2D eigenvalue weighted by Crippen LogP contribution is 2.24. The molecule has 1 rings (SSSR count). The fourth-order valence-corrected chi connectivity index (χ4v) is 1.97. The molecule has 0 N–H and O–H groups in total. The lowest BCUT2D eigenvalue weighted by Gasteiger charge is -2.04. The lowest BCUT2D eigenvalue weighted by molar-refractivity contribution is -0.120. The van der Waals surface area contributed by atoms with Gasteiger partial charge in [0.15, 0.2) is 0 Å². The number of ketones is 1. The van der Waals surface area contributed by atoms with Gasteiger partial charge in [-0.1, -0.05) is 0 Å². The second-order valence-electron chi connectivity index (χ2n) is 2.84. The summed E-state index contributed by atoms with van der Waals surface area (Å²) in [7, 11) is 0. The molecular formula is C8H14OS. The topological polar surface area (TPSA) is 17.1 Å². The molecular weight excluding hydrogens is 144 g/mol. The number of thioether (sulfide) groups is 1. The van der Waals surface area contributed by atoms with Crippen LogP contribution in [-0.4, -0.2) is 17.8 Å². The van der Waals surface area contributed by atoms with E-state index >= 15 is 0 Å². The van der Waals surface area contributed by atoms with E-state index in [0.29, 0.717) is 11.7 Å². The van der Waals surface area contributed by atoms with Crippen LogP contribution in [0, 0.1) is 5.92 Å². The fraction of sp³-hybridized carbons (Fsp3) is 0.875. The summed E-state index contributed by atoms with van der Waals surface area (Å²) < 4.78 is 0. The van der Waals surface area contributed by atoms with Crippen molar-refractivity contribution in [2.24, 2.45) is 5.92 Å². The summed E-state index contributed by atoms with van der Waals surface area (Å²) in [5.41, 5.74) is 0. The second-order valence-corrected chi connectivity index (χ2v) is 3.82. The van der Waals surface area contributed by atoms with Gasteiger partial charge in [0.2, 0.25) is 0 Å². The van der Waals surface area contributed by atoms with Gasteiger partial charge in [0.05, 0.1) is 0 Å². The van der Waals surface area contributed by atoms with Gasteiger partial charge in [-0.3, -0.25) is 4.79 Å². The number of Topliss-reactive ketones (excluding diaryl/α,β-unsaturated/α-hetero) is 1. The molecule has 1 aliphatic rings. The van der Waals surface area contributed by atoms with E-state index in [2.05, 4.69) is 6.26 Å². The van der Waals surface area contributed by atoms with Gasteiger partial charge >= 0.3 is 0 Å². The van der Waals surface area contributed by atoms with Gasteiger partial charge in [0.1, 0.15) is 5.78 Å². The van der Waals surface area contributed by atoms with E-state index < -0.39 is 0 Å². The van der Waals surface area contributed by atoms with Gasteiger partial charge in [-0.25, -0.2) is 0 Å². The predicted molar refractivity (Wildman–Crippen MR) is 45.3 cm³/mol. The Kier molecular flexibility index (Phi) is 3.26. The third kappa shape index (κ3) is 2.01. The zero-order valence-electron chi connectivity index (χ0n) is 6.43. The Morgan fingerprint density at radius 1 is 1.70 bits per heavy atom. The molecule has 1 atom stereocenters. The van der Waals surface area contributed by atoms with Crippen LogP contribution < -0.4 is 0 Å². The minimum Gasteiger partial charge on any atom is -0.299 e. The first-order chi connectivity index (χ1) is 4.84. The van der Waals surface area contributed by atoms with Crippen molar-refractivity contribution >= 4 is 17.5 Å². The Morgan fingerprint density at radius 2 is 2.50 bits per heavy atom. The summed E-state index contributed by atoms with van der Waals surface area (Å²) in [5, 5.41) is 0. The van der Waals surface area contributed by atoms with Gasteiger partial charge in [0.25, 0.3) is 0 Å². The zero-order chi connectivity index (χ0) is 7.40. The van der Waals surface area contributed by atoms with E-state index in [-0.39, 0.29) is 0 Å². The number of hydrogen-bond acceptors (Lipinski definition) is 2. The lowest BCUT2D eigenvalue weighted by Crippen LogP contribution is -2.06. The van der Waals surface area contributed by atoms with Gasteiger partial charge < -0.3 is 0 Å². The minimum atomic E-state index is 0.424. The molecule has 0 heterocycles. The van der Waals surface area contributed by atoms with E-state index in [1.165, 1.54) is 0 Å². The Hall–Kier alpha value is 0.0200. The molecule has 0 amide bonds. The van der Waals surface area contributed by atoms with Gasteiger partial charge in [0, 0.05) is 12.3 Å². The maximum absolute atomic E-state index is 11.1. The summed E-state index contributed by atoms with van der Waals surface area (Å²) in [6.45, 7) is 0. The number of rotatable bonds is 3. The summed E-state index contributed by atoms with van der Waals surface area (Å²) in [5.74, 6) is 2.08. The monoisotopic (exact) mass is 158 g/mol. The molecule has 10 heavy (non-hydrogen) atoms. The fourth-order valence-electron chi connectivity index (χ4n) is 1.45. The van der Waals surface area contributed by atoms with E-state index in [9.17, 15) is 4.79 Å². The van der Waals surface area contributed by atoms with Crippen LogP contribution in [0.2, 0.25) is 0 Å². The van der Waals surface area contributed by atoms with Crippen molar-refractivity contribution in [3.05, 3.63) is 0 Å². The number of carbonyl (C=O) groups is 1. The van der Waals surface area contributed by atoms with Gasteiger partial charge in [-0.15, -0.1) is 0 Å². The Morgan fingerprint density at radius 3 is 3.00 bits per heavy atom. The molecule has 1 aliphatic carbocycles. The van der Waals surface area contributed by atoms with Crippen molar-refractivity contribution in [2.45, 2.75) is 25.7 Å². The first kappa shape index (κ1) is 8.12. The first-order valence-corrected chi connectivity index (χ1v) is 5.25. The van der Waals surface area contributed by atoms with E-state index in [0.717, 1.165) is 31.4 Å². The van der Waals surface area contributed by atoms with Crippen LogP contribution in [0.3, 0.4) is 0 Å². The van der Waals surface area contributed by atoms with Crippen molar-refractivity contribution < 1.29 is 4.79 Å². The van der Waals surface area contributed by atoms with Gasteiger partial charge in [-0.2, -0.15) is 11.8 Å². The molecule has 0 aromatic rings. The maximum atomic E-state index is 11.1. The molecule has 1 saturated carbocycles. The van der Waals surface area contributed by atoms with Crippen molar-refractivity contribution in [3.8, 4) is 0 Å². The number of carbonyl (C=O) groups excluding carboxylic acids is 1. The summed E-state index contributed by atoms with van der Waals surface area (Å²) >= 11 is 1.84. The summed E-state index contributed by atoms with van der Waals surface area (Å²) in [6, 6.07) is 0. The highest BCUT2D eigenvalue weighted by atomic mass is 32.2. The lowest BCUT2D eigenvalue weighted by atomic mass is 10.1. The summed E-state index contributed by atoms with van der Waals surface area (Å²) in [6.07, 6.45) is 6.34. The molecule has 0 aliphatic heterocycles. The van der Waals surface area contributed by atoms with Crippen molar-refractivity contribution in [2.75, 3.05) is 12.0 Å². The van der Waals surface area contributed by atoms with Crippen LogP contribution in [0.15, 0.2) is 0 Å². The van der Waals surface area contributed by atoms with E-state index in [1.54, 1.807) is 0 Å². The normalized spacial score (nSPS) is 25.7. The number of hydrogen-bond donors (Lipinski definition) is 0. The highest BCUT2D eigenvalue weighted by molar-refractivity contribution is 7.98. The standard InChI is InChI=1S/C8H14OS/c1-10-6-5-7-3-2-4-8(7)9/h7H,2-6H2,1H3. The van der Waals surface area contributed by atoms with Crippen molar-refractivity contribution in [1.82, 2.24) is 0 Å². The smallest absolute Gasteiger partial charge is 0.136 e. The highest BCUT2D eigenvalue weighted by Gasteiger charge is 2.23. The average Bonchev–Trinajstić information content (AvgIpc) is 2.31. The molecule has 58 valence electrons. The van der Waals surface area contributed by atoms with Crippen LogP contribution in [0.25, 0.3) is 0 Å². The largest absolute Gasteiger partial charge is 0.299 e. The third-order valence-corrected chi connectivity index (χ3v) is 2.75. The minimum absolute atomic E-state index is 0.424. The predicted octanol–water partition coefficient (Wildman–Crippen LogP) is 2.11. The van der Waals surface area contributed by atoms with E-state index in [1.807, 2.05) is 11.8 Å². The molecule has 0 aromatic heterocycles. The van der Waals surface area contributed by atoms with Crippen LogP contribution in [-0.2, 0) is 4.79 Å². The van der Waals surface area contributed by atoms with Crippen LogP contribution in [0.4, 0.5) is 0 Å². The van der Waals surface area contributed by atoms with Crippen LogP contribution in [0.1, 0.15) is 25.7 Å². The average molecular weight is 158 g/mol. The molecule has 0 radical (unpaired) electrons. The van der Waals surface area contributed by atoms with Crippen LogP contribution in [0.5, 0.6) is 0 Å². The molecule has 0 spiro atoms. The van der Waals surface area contributed by atoms with Crippen molar-refractivity contribution in [1.29, 1.82) is 0 Å². The second kappa shape index (κ2) is 4.02. The molecule has 1 fully saturated rings. The third-order valence-electron chi connectivity index (χ3n) is 2.10. The Balaban J connectivity index is 2.20. The Labute approximate surface area is 66.6 Å². The summed E-state index contributed by atoms with van der Waals surface area (Å²) in [4.78, 5) is 11.1. The van der Waals surface area contributed by atoms with Crippen molar-refractivity contribution in [3.63, 3.8) is 0 Å².